The summed E-state index contributed by atoms with van der Waals surface area (Å²) in [6.07, 6.45) is 9.83. The summed E-state index contributed by atoms with van der Waals surface area (Å²) < 4.78 is 21.8. The third-order valence-electron chi connectivity index (χ3n) is 6.51. The molecule has 3 aromatic rings. The van der Waals surface area contributed by atoms with Crippen LogP contribution in [-0.2, 0) is 24.1 Å². The summed E-state index contributed by atoms with van der Waals surface area (Å²) in [5, 5.41) is 4.59. The molecule has 160 valence electrons. The maximum Gasteiger partial charge on any atom is 0.123 e. The van der Waals surface area contributed by atoms with Gasteiger partial charge in [-0.1, -0.05) is 24.3 Å². The van der Waals surface area contributed by atoms with E-state index in [1.807, 2.05) is 16.9 Å². The van der Waals surface area contributed by atoms with Crippen molar-refractivity contribution in [3.8, 4) is 5.69 Å². The van der Waals surface area contributed by atoms with Crippen molar-refractivity contribution in [1.82, 2.24) is 14.6 Å². The number of benzene rings is 2. The SMILES string of the molecule is Fc1ccc(-n2ncc3c2/C=C2/CC[C@@](CCc4ccccc4CNCl)(CC3)O2)cc1. The summed E-state index contributed by atoms with van der Waals surface area (Å²) in [4.78, 5) is 2.74. The number of aryl methyl sites for hydroxylation is 2. The van der Waals surface area contributed by atoms with E-state index in [-0.39, 0.29) is 11.4 Å². The number of halogens is 2. The van der Waals surface area contributed by atoms with E-state index in [4.69, 9.17) is 16.5 Å². The van der Waals surface area contributed by atoms with Crippen molar-refractivity contribution >= 4 is 17.9 Å². The second kappa shape index (κ2) is 8.48. The Morgan fingerprint density at radius 3 is 2.65 bits per heavy atom. The van der Waals surface area contributed by atoms with Crippen molar-refractivity contribution in [2.45, 2.75) is 50.7 Å². The minimum atomic E-state index is -0.246. The summed E-state index contributed by atoms with van der Waals surface area (Å²) in [5.74, 6) is 0.769. The van der Waals surface area contributed by atoms with Gasteiger partial charge in [-0.05, 0) is 84.8 Å². The molecule has 1 aromatic heterocycles. The Hall–Kier alpha value is -2.63. The minimum absolute atomic E-state index is 0.136. The standard InChI is InChI=1S/C25H25ClFN3O/c26-28-16-19-4-2-1-3-18(19)9-12-25-13-10-20-17-29-30(22-7-5-21(27)6-8-22)24(20)15-23(31-25)11-14-25/h1-8,15,17,28H,9-14,16H2/b23-15-/t25-/m1/s1. The van der Waals surface area contributed by atoms with Crippen LogP contribution in [0.1, 0.15) is 48.1 Å². The van der Waals surface area contributed by atoms with Crippen LogP contribution in [0, 0.1) is 5.82 Å². The molecule has 1 fully saturated rings. The molecule has 1 N–H and O–H groups in total. The molecule has 5 rings (SSSR count). The molecule has 2 aliphatic heterocycles. The average molecular weight is 438 g/mol. The molecule has 2 aliphatic rings. The van der Waals surface area contributed by atoms with Crippen LogP contribution in [-0.4, -0.2) is 15.4 Å². The van der Waals surface area contributed by atoms with Crippen molar-refractivity contribution in [3.05, 3.63) is 88.7 Å². The van der Waals surface area contributed by atoms with Crippen LogP contribution in [0.5, 0.6) is 0 Å². The van der Waals surface area contributed by atoms with Gasteiger partial charge >= 0.3 is 0 Å². The van der Waals surface area contributed by atoms with E-state index in [1.165, 1.54) is 28.8 Å². The van der Waals surface area contributed by atoms with Gasteiger partial charge in [0.25, 0.3) is 0 Å². The van der Waals surface area contributed by atoms with Gasteiger partial charge in [0.1, 0.15) is 11.4 Å². The fourth-order valence-electron chi connectivity index (χ4n) is 4.76. The van der Waals surface area contributed by atoms with E-state index in [0.29, 0.717) is 6.54 Å². The van der Waals surface area contributed by atoms with E-state index >= 15 is 0 Å². The highest BCUT2D eigenvalue weighted by Crippen LogP contribution is 2.43. The van der Waals surface area contributed by atoms with Crippen LogP contribution < -0.4 is 4.84 Å². The molecular weight excluding hydrogens is 413 g/mol. The van der Waals surface area contributed by atoms with Gasteiger partial charge in [-0.2, -0.15) is 5.10 Å². The van der Waals surface area contributed by atoms with Gasteiger partial charge in [-0.15, -0.1) is 0 Å². The van der Waals surface area contributed by atoms with Gasteiger partial charge in [0.2, 0.25) is 0 Å². The first-order valence-electron chi connectivity index (χ1n) is 10.8. The average Bonchev–Trinajstić information content (AvgIpc) is 3.37. The lowest BCUT2D eigenvalue weighted by atomic mass is 9.86. The van der Waals surface area contributed by atoms with Crippen LogP contribution in [0.3, 0.4) is 0 Å². The van der Waals surface area contributed by atoms with Crippen molar-refractivity contribution in [2.24, 2.45) is 0 Å². The van der Waals surface area contributed by atoms with Gasteiger partial charge in [-0.3, -0.25) is 0 Å². The zero-order valence-electron chi connectivity index (χ0n) is 17.3. The van der Waals surface area contributed by atoms with E-state index in [9.17, 15) is 4.39 Å². The van der Waals surface area contributed by atoms with E-state index in [2.05, 4.69) is 34.2 Å². The van der Waals surface area contributed by atoms with E-state index in [0.717, 1.165) is 55.7 Å². The van der Waals surface area contributed by atoms with Gasteiger partial charge < -0.3 is 4.74 Å². The first-order chi connectivity index (χ1) is 15.2. The molecule has 1 atom stereocenters. The quantitative estimate of drug-likeness (QED) is 0.501. The molecule has 0 amide bonds. The number of nitrogens with zero attached hydrogens (tertiary/aromatic N) is 2. The molecule has 31 heavy (non-hydrogen) atoms. The Morgan fingerprint density at radius 1 is 1.06 bits per heavy atom. The lowest BCUT2D eigenvalue weighted by Crippen LogP contribution is -2.29. The molecule has 0 radical (unpaired) electrons. The summed E-state index contributed by atoms with van der Waals surface area (Å²) >= 11 is 5.75. The number of allylic oxidation sites excluding steroid dienone is 1. The molecule has 0 spiro atoms. The monoisotopic (exact) mass is 437 g/mol. The number of rotatable bonds is 6. The van der Waals surface area contributed by atoms with Crippen molar-refractivity contribution in [2.75, 3.05) is 0 Å². The van der Waals surface area contributed by atoms with Crippen LogP contribution in [0.2, 0.25) is 0 Å². The molecule has 1 saturated heterocycles. The molecule has 2 bridgehead atoms. The fourth-order valence-corrected chi connectivity index (χ4v) is 4.90. The molecule has 4 nitrogen and oxygen atoms in total. The Balaban J connectivity index is 1.37. The third kappa shape index (κ3) is 4.12. The van der Waals surface area contributed by atoms with Crippen LogP contribution >= 0.6 is 11.8 Å². The second-order valence-electron chi connectivity index (χ2n) is 8.42. The van der Waals surface area contributed by atoms with Crippen LogP contribution in [0.15, 0.2) is 60.5 Å². The van der Waals surface area contributed by atoms with Gasteiger partial charge in [-0.25, -0.2) is 13.9 Å². The highest BCUT2D eigenvalue weighted by Gasteiger charge is 2.39. The number of hydrogen-bond donors (Lipinski definition) is 1. The number of hydrogen-bond acceptors (Lipinski definition) is 3. The zero-order chi connectivity index (χ0) is 21.3. The number of fused-ring (bicyclic) bond motifs is 3. The molecule has 0 aliphatic carbocycles. The van der Waals surface area contributed by atoms with E-state index in [1.54, 1.807) is 12.1 Å². The summed E-state index contributed by atoms with van der Waals surface area (Å²) in [5.41, 5.74) is 5.52. The predicted octanol–water partition coefficient (Wildman–Crippen LogP) is 5.72. The fraction of sp³-hybridized carbons (Fsp3) is 0.320. The van der Waals surface area contributed by atoms with Crippen LogP contribution in [0.25, 0.3) is 11.8 Å². The Morgan fingerprint density at radius 2 is 1.84 bits per heavy atom. The zero-order valence-corrected chi connectivity index (χ0v) is 18.0. The van der Waals surface area contributed by atoms with Crippen molar-refractivity contribution < 1.29 is 9.13 Å². The van der Waals surface area contributed by atoms with Crippen molar-refractivity contribution in [3.63, 3.8) is 0 Å². The topological polar surface area (TPSA) is 39.1 Å². The molecule has 0 unspecified atom stereocenters. The lowest BCUT2D eigenvalue weighted by molar-refractivity contribution is 0.0242. The summed E-state index contributed by atoms with van der Waals surface area (Å²) in [6.45, 7) is 0.655. The number of nitrogens with one attached hydrogen (secondary N) is 1. The second-order valence-corrected chi connectivity index (χ2v) is 8.69. The molecule has 3 heterocycles. The maximum atomic E-state index is 13.3. The first-order valence-corrected chi connectivity index (χ1v) is 11.2. The number of ether oxygens (including phenoxy) is 1. The van der Waals surface area contributed by atoms with E-state index < -0.39 is 0 Å². The third-order valence-corrected chi connectivity index (χ3v) is 6.64. The Kier molecular flexibility index (Phi) is 5.55. The summed E-state index contributed by atoms with van der Waals surface area (Å²) in [7, 11) is 0. The molecule has 2 aromatic carbocycles. The summed E-state index contributed by atoms with van der Waals surface area (Å²) in [6, 6.07) is 14.9. The highest BCUT2D eigenvalue weighted by atomic mass is 35.5. The molecular formula is C25H25ClFN3O. The van der Waals surface area contributed by atoms with Gasteiger partial charge in [0, 0.05) is 19.0 Å². The normalized spacial score (nSPS) is 21.5. The lowest BCUT2D eigenvalue weighted by Gasteiger charge is -2.30. The smallest absolute Gasteiger partial charge is 0.123 e. The largest absolute Gasteiger partial charge is 0.492 e. The molecule has 6 heteroatoms. The van der Waals surface area contributed by atoms with Crippen molar-refractivity contribution in [1.29, 1.82) is 0 Å². The van der Waals surface area contributed by atoms with Gasteiger partial charge in [0.05, 0.1) is 23.3 Å². The van der Waals surface area contributed by atoms with Gasteiger partial charge in [0.15, 0.2) is 0 Å². The predicted molar refractivity (Wildman–Crippen MR) is 120 cm³/mol. The highest BCUT2D eigenvalue weighted by molar-refractivity contribution is 6.13. The first kappa shape index (κ1) is 20.3. The van der Waals surface area contributed by atoms with Crippen LogP contribution in [0.4, 0.5) is 4.39 Å². The number of aromatic nitrogens is 2. The Labute approximate surface area is 186 Å². The Bertz CT molecular complexity index is 1110. The maximum absolute atomic E-state index is 13.3. The molecule has 0 saturated carbocycles. The minimum Gasteiger partial charge on any atom is -0.492 e.